The number of benzene rings is 2. The Bertz CT molecular complexity index is 2200. The number of halogens is 3. The molecule has 1 aliphatic heterocycles. The number of rotatable bonds is 17. The van der Waals surface area contributed by atoms with Crippen molar-refractivity contribution in [3.8, 4) is 0 Å². The van der Waals surface area contributed by atoms with Crippen LogP contribution in [0.15, 0.2) is 150 Å². The molecule has 6 N–H and O–H groups in total. The summed E-state index contributed by atoms with van der Waals surface area (Å²) in [6.45, 7) is 7.35. The van der Waals surface area contributed by atoms with Crippen LogP contribution in [0.5, 0.6) is 0 Å². The minimum Gasteiger partial charge on any atom is -0.753 e. The van der Waals surface area contributed by atoms with Crippen LogP contribution in [0.3, 0.4) is 0 Å². The largest absolute Gasteiger partial charge is 4.00 e. The first-order valence-electron chi connectivity index (χ1n) is 19.5. The second kappa shape index (κ2) is 28.4. The second-order valence-corrected chi connectivity index (χ2v) is 13.6. The molecule has 0 saturated carbocycles. The summed E-state index contributed by atoms with van der Waals surface area (Å²) in [6.07, 6.45) is 10.2. The fraction of sp³-hybridized carbons (Fsp3) is 0.261. The number of aromatic nitrogens is 1. The molecular formula is C46H49F3N8O5RuS-2. The van der Waals surface area contributed by atoms with Gasteiger partial charge in [0.2, 0.25) is 0 Å². The van der Waals surface area contributed by atoms with E-state index < -0.39 is 41.6 Å². The third-order valence-electron chi connectivity index (χ3n) is 8.78. The zero-order valence-electron chi connectivity index (χ0n) is 35.4. The summed E-state index contributed by atoms with van der Waals surface area (Å²) in [6, 6.07) is 19.2. The van der Waals surface area contributed by atoms with Crippen LogP contribution in [0, 0.1) is 0 Å². The molecule has 2 heterocycles. The fourth-order valence-electron chi connectivity index (χ4n) is 5.57. The molecular weight excluding hydrogens is 935 g/mol. The number of pyridine rings is 1. The summed E-state index contributed by atoms with van der Waals surface area (Å²) in [7, 11) is 0. The number of carboxylic acid groups (broad SMARTS) is 2. The van der Waals surface area contributed by atoms with E-state index in [-0.39, 0.29) is 48.1 Å². The molecule has 0 aliphatic carbocycles. The normalized spacial score (nSPS) is 15.2. The molecule has 0 radical (unpaired) electrons. The van der Waals surface area contributed by atoms with Crippen LogP contribution in [0.25, 0.3) is 39.4 Å². The first kappa shape index (κ1) is 55.7. The molecule has 1 aromatic heterocycles. The Morgan fingerprint density at radius 3 is 2.08 bits per heavy atom. The smallest absolute Gasteiger partial charge is 0.753 e. The van der Waals surface area contributed by atoms with E-state index in [2.05, 4.69) is 34.3 Å². The molecule has 0 fully saturated rings. The summed E-state index contributed by atoms with van der Waals surface area (Å²) in [5.41, 5.74) is 31.8. The molecule has 3 aromatic rings. The van der Waals surface area contributed by atoms with Gasteiger partial charge in [0.1, 0.15) is 0 Å². The van der Waals surface area contributed by atoms with E-state index in [0.29, 0.717) is 17.5 Å². The number of ether oxygens (including phenoxy) is 1. The minimum atomic E-state index is -4.73. The van der Waals surface area contributed by atoms with Crippen LogP contribution in [0.1, 0.15) is 81.2 Å². The predicted molar refractivity (Wildman–Crippen MR) is 247 cm³/mol. The maximum absolute atomic E-state index is 12.2. The van der Waals surface area contributed by atoms with Gasteiger partial charge in [-0.2, -0.15) is 35.9 Å². The molecule has 0 saturated heterocycles. The number of thiocarbonyl (C=S) groups is 1. The molecule has 1 aliphatic rings. The van der Waals surface area contributed by atoms with Crippen LogP contribution in [-0.2, 0) is 29.0 Å². The molecule has 340 valence electrons. The number of anilines is 2. The molecule has 3 atom stereocenters. The van der Waals surface area contributed by atoms with Crippen molar-refractivity contribution in [1.82, 2.24) is 4.98 Å². The minimum absolute atomic E-state index is 0. The van der Waals surface area contributed by atoms with Gasteiger partial charge in [0.05, 0.1) is 23.0 Å². The number of hydrogen-bond donors (Lipinski definition) is 2. The number of nitrogens with zero attached hydrogens (tertiary/aromatic N) is 4. The van der Waals surface area contributed by atoms with Crippen molar-refractivity contribution < 1.29 is 57.2 Å². The molecule has 0 amide bonds. The quantitative estimate of drug-likeness (QED) is 0.0329. The summed E-state index contributed by atoms with van der Waals surface area (Å²) in [4.78, 5) is 29.8. The number of aromatic carboxylic acids is 1. The topological polar surface area (TPSA) is 232 Å². The van der Waals surface area contributed by atoms with Crippen LogP contribution >= 0.6 is 12.2 Å². The van der Waals surface area contributed by atoms with Crippen LogP contribution < -0.4 is 4.90 Å². The SMILES string of the molecule is C/C=C(\C=C(/[NH-])c1cc(C(=O)O)cc(C2C=C(N(c3ccccc3)c3ccccc3)C=C[N-]2)n1)C(=O)O.CCCCC(CC)O/C(C)=C/C=C([NH-])/C([NH-])=C/C([NH-])C(F)(F)F.[N-]=C=S.[Ru+4]. The molecule has 0 bridgehead atoms. The van der Waals surface area contributed by atoms with Crippen molar-refractivity contribution in [1.29, 1.82) is 0 Å². The summed E-state index contributed by atoms with van der Waals surface area (Å²) in [5.74, 6) is -1.83. The number of hydrogen-bond acceptors (Lipinski definition) is 6. The predicted octanol–water partition coefficient (Wildman–Crippen LogP) is 14.3. The number of carbonyl (C=O) groups is 2. The molecule has 64 heavy (non-hydrogen) atoms. The van der Waals surface area contributed by atoms with E-state index in [9.17, 15) is 33.0 Å². The van der Waals surface area contributed by atoms with Gasteiger partial charge >= 0.3 is 37.6 Å². The molecule has 0 spiro atoms. The van der Waals surface area contributed by atoms with Gasteiger partial charge in [-0.15, -0.1) is 11.8 Å². The molecule has 2 aromatic carbocycles. The van der Waals surface area contributed by atoms with Crippen LogP contribution in [0.2, 0.25) is 0 Å². The number of alkyl halides is 3. The first-order chi connectivity index (χ1) is 29.9. The number of carboxylic acids is 2. The summed E-state index contributed by atoms with van der Waals surface area (Å²) in [5, 5.41) is 31.9. The molecule has 4 rings (SSSR count). The summed E-state index contributed by atoms with van der Waals surface area (Å²) >= 11 is 3.70. The van der Waals surface area contributed by atoms with E-state index in [1.165, 1.54) is 35.5 Å². The molecule has 18 heteroatoms. The van der Waals surface area contributed by atoms with Gasteiger partial charge in [0.25, 0.3) is 0 Å². The zero-order valence-corrected chi connectivity index (χ0v) is 38.0. The maximum atomic E-state index is 12.2. The number of aliphatic carboxylic acids is 1. The van der Waals surface area contributed by atoms with Crippen molar-refractivity contribution >= 4 is 46.4 Å². The van der Waals surface area contributed by atoms with E-state index in [1.807, 2.05) is 79.7 Å². The van der Waals surface area contributed by atoms with Crippen LogP contribution in [0.4, 0.5) is 24.5 Å². The third-order valence-corrected chi connectivity index (χ3v) is 8.78. The first-order valence-corrected chi connectivity index (χ1v) is 19.9. The third kappa shape index (κ3) is 18.6. The Balaban J connectivity index is 0.000000656. The monoisotopic (exact) mass is 984 g/mol. The van der Waals surface area contributed by atoms with Gasteiger partial charge < -0.3 is 53.5 Å². The van der Waals surface area contributed by atoms with Gasteiger partial charge in [-0.05, 0) is 75.2 Å². The summed E-state index contributed by atoms with van der Waals surface area (Å²) < 4.78 is 42.4. The van der Waals surface area contributed by atoms with Crippen molar-refractivity contribution in [2.24, 2.45) is 0 Å². The van der Waals surface area contributed by atoms with Gasteiger partial charge in [0.15, 0.2) is 0 Å². The van der Waals surface area contributed by atoms with Crippen molar-refractivity contribution in [2.45, 2.75) is 77.7 Å². The van der Waals surface area contributed by atoms with E-state index in [0.717, 1.165) is 48.8 Å². The van der Waals surface area contributed by atoms with Crippen molar-refractivity contribution in [3.63, 3.8) is 0 Å². The van der Waals surface area contributed by atoms with E-state index in [1.54, 1.807) is 20.0 Å². The Kier molecular flexibility index (Phi) is 24.7. The van der Waals surface area contributed by atoms with E-state index in [4.69, 9.17) is 33.1 Å². The van der Waals surface area contributed by atoms with Crippen LogP contribution in [-0.4, -0.2) is 50.6 Å². The fourth-order valence-corrected chi connectivity index (χ4v) is 5.57. The Hall–Kier alpha value is -6.32. The average molecular weight is 984 g/mol. The zero-order chi connectivity index (χ0) is 47.1. The van der Waals surface area contributed by atoms with Gasteiger partial charge in [0, 0.05) is 28.5 Å². The second-order valence-electron chi connectivity index (χ2n) is 13.4. The molecule has 3 unspecified atom stereocenters. The van der Waals surface area contributed by atoms with Crippen molar-refractivity contribution in [3.05, 3.63) is 201 Å². The standard InChI is InChI=1S/C29H24N4O4.C16H25F3N3O.CNS.Ru/c1-2-19(28(34)35)15-24(30)25-16-20(29(36)37)17-27(32-25)26-18-23(13-14-31-26)33(21-9-5-3-6-10-21)22-11-7-4-8-12-22;1-4-6-7-12(5-2)23-11(3)8-9-13(20)14(21)10-15(22)16(17,18)19;2-1-3;/h2-18,26,30H,1H3,(H,34,35)(H,36,37);8-10,12,15,20-22H,4-7H2,1-3H3;;/q-2;-3;-1;+4/b19-2+,24-15-;11-8+,13-9-,14-10-;;. The van der Waals surface area contributed by atoms with Gasteiger partial charge in [-0.25, -0.2) is 9.59 Å². The van der Waals surface area contributed by atoms with E-state index >= 15 is 0 Å². The number of allylic oxidation sites excluding steroid dienone is 5. The number of para-hydroxylation sites is 2. The maximum Gasteiger partial charge on any atom is 4.00 e. The van der Waals surface area contributed by atoms with Crippen molar-refractivity contribution in [2.75, 3.05) is 4.90 Å². The van der Waals surface area contributed by atoms with Gasteiger partial charge in [-0.3, -0.25) is 4.98 Å². The Morgan fingerprint density at radius 1 is 1.02 bits per heavy atom. The number of isothiocyanates is 1. The Labute approximate surface area is 390 Å². The Morgan fingerprint density at radius 2 is 1.59 bits per heavy atom. The average Bonchev–Trinajstić information content (AvgIpc) is 3.26. The number of nitrogens with one attached hydrogen (secondary N) is 4. The van der Waals surface area contributed by atoms with Gasteiger partial charge in [-0.1, -0.05) is 112 Å². The molecule has 13 nitrogen and oxygen atoms in total. The number of unbranched alkanes of at least 4 members (excludes halogenated alkanes) is 1.